The molecule has 2 N–H and O–H groups in total. The minimum Gasteiger partial charge on any atom is -0.494 e. The van der Waals surface area contributed by atoms with Crippen LogP contribution in [0.2, 0.25) is 0 Å². The molecule has 0 saturated carbocycles. The fourth-order valence-electron chi connectivity index (χ4n) is 1.64. The molecule has 0 amide bonds. The number of benzene rings is 1. The number of hydrogen-bond acceptors (Lipinski definition) is 2. The highest BCUT2D eigenvalue weighted by molar-refractivity contribution is 5.36. The Morgan fingerprint density at radius 3 is 2.60 bits per heavy atom. The van der Waals surface area contributed by atoms with E-state index in [2.05, 4.69) is 26.0 Å². The molecule has 1 rings (SSSR count). The van der Waals surface area contributed by atoms with Crippen molar-refractivity contribution in [2.24, 2.45) is 5.73 Å². The number of hydrogen-bond donors (Lipinski definition) is 1. The predicted octanol–water partition coefficient (Wildman–Crippen LogP) is 2.54. The van der Waals surface area contributed by atoms with E-state index in [0.29, 0.717) is 6.54 Å². The molecule has 0 spiro atoms. The largest absolute Gasteiger partial charge is 0.494 e. The van der Waals surface area contributed by atoms with Crippen LogP contribution >= 0.6 is 0 Å². The van der Waals surface area contributed by atoms with Gasteiger partial charge in [-0.1, -0.05) is 19.9 Å². The van der Waals surface area contributed by atoms with Crippen LogP contribution < -0.4 is 10.5 Å². The van der Waals surface area contributed by atoms with Gasteiger partial charge >= 0.3 is 0 Å². The summed E-state index contributed by atoms with van der Waals surface area (Å²) < 4.78 is 5.60. The van der Waals surface area contributed by atoms with E-state index in [1.807, 2.05) is 6.07 Å². The highest BCUT2D eigenvalue weighted by Crippen LogP contribution is 2.19. The van der Waals surface area contributed by atoms with Crippen molar-refractivity contribution in [3.05, 3.63) is 29.3 Å². The van der Waals surface area contributed by atoms with Crippen LogP contribution in [-0.2, 0) is 12.8 Å². The van der Waals surface area contributed by atoms with Crippen LogP contribution in [0.1, 0.15) is 31.4 Å². The van der Waals surface area contributed by atoms with Crippen molar-refractivity contribution in [3.8, 4) is 5.75 Å². The second-order valence-electron chi connectivity index (χ2n) is 3.67. The van der Waals surface area contributed by atoms with Gasteiger partial charge in [0.05, 0.1) is 6.61 Å². The summed E-state index contributed by atoms with van der Waals surface area (Å²) in [5.74, 6) is 0.981. The van der Waals surface area contributed by atoms with Gasteiger partial charge in [0.1, 0.15) is 5.75 Å². The van der Waals surface area contributed by atoms with E-state index in [1.54, 1.807) is 0 Å². The van der Waals surface area contributed by atoms with Gasteiger partial charge in [0.2, 0.25) is 0 Å². The molecule has 0 radical (unpaired) electrons. The summed E-state index contributed by atoms with van der Waals surface area (Å²) in [6, 6.07) is 6.32. The molecule has 0 aliphatic carbocycles. The summed E-state index contributed by atoms with van der Waals surface area (Å²) in [6.07, 6.45) is 3.04. The molecule has 0 unspecified atom stereocenters. The van der Waals surface area contributed by atoms with E-state index in [9.17, 15) is 0 Å². The van der Waals surface area contributed by atoms with Crippen LogP contribution in [0.5, 0.6) is 5.75 Å². The molecular weight excluding hydrogens is 186 g/mol. The maximum absolute atomic E-state index is 5.60. The topological polar surface area (TPSA) is 35.2 Å². The summed E-state index contributed by atoms with van der Waals surface area (Å²) in [6.45, 7) is 5.78. The zero-order valence-electron chi connectivity index (χ0n) is 9.75. The van der Waals surface area contributed by atoms with Crippen molar-refractivity contribution >= 4 is 0 Å². The lowest BCUT2D eigenvalue weighted by Gasteiger charge is -2.10. The van der Waals surface area contributed by atoms with Gasteiger partial charge in [0.15, 0.2) is 0 Å². The summed E-state index contributed by atoms with van der Waals surface area (Å²) in [7, 11) is 0. The fraction of sp³-hybridized carbons (Fsp3) is 0.538. The number of rotatable bonds is 6. The van der Waals surface area contributed by atoms with Crippen LogP contribution in [0.3, 0.4) is 0 Å². The maximum atomic E-state index is 5.60. The first-order valence-electron chi connectivity index (χ1n) is 5.76. The molecular formula is C13H21NO. The molecule has 0 saturated heterocycles. The molecule has 2 nitrogen and oxygen atoms in total. The molecule has 2 heteroatoms. The Morgan fingerprint density at radius 1 is 1.20 bits per heavy atom. The van der Waals surface area contributed by atoms with Crippen molar-refractivity contribution in [3.63, 3.8) is 0 Å². The van der Waals surface area contributed by atoms with Crippen LogP contribution in [-0.4, -0.2) is 13.2 Å². The second-order valence-corrected chi connectivity index (χ2v) is 3.67. The minimum absolute atomic E-state index is 0.710. The first kappa shape index (κ1) is 12.1. The number of nitrogens with two attached hydrogens (primary N) is 1. The van der Waals surface area contributed by atoms with E-state index in [4.69, 9.17) is 10.5 Å². The minimum atomic E-state index is 0.710. The lowest BCUT2D eigenvalue weighted by molar-refractivity contribution is 0.317. The Morgan fingerprint density at radius 2 is 2.00 bits per heavy atom. The van der Waals surface area contributed by atoms with Gasteiger partial charge in [-0.25, -0.2) is 0 Å². The SMILES string of the molecule is CCCOc1ccc(CCN)c(CC)c1. The highest BCUT2D eigenvalue weighted by Gasteiger charge is 2.02. The summed E-state index contributed by atoms with van der Waals surface area (Å²) in [5.41, 5.74) is 8.28. The van der Waals surface area contributed by atoms with Gasteiger partial charge in [-0.15, -0.1) is 0 Å². The van der Waals surface area contributed by atoms with Gasteiger partial charge in [0, 0.05) is 0 Å². The van der Waals surface area contributed by atoms with Crippen LogP contribution in [0.15, 0.2) is 18.2 Å². The second kappa shape index (κ2) is 6.46. The average Bonchev–Trinajstić information content (AvgIpc) is 2.28. The lowest BCUT2D eigenvalue weighted by Crippen LogP contribution is -2.05. The predicted molar refractivity (Wildman–Crippen MR) is 64.4 cm³/mol. The van der Waals surface area contributed by atoms with Gasteiger partial charge in [-0.2, -0.15) is 0 Å². The first-order valence-corrected chi connectivity index (χ1v) is 5.76. The van der Waals surface area contributed by atoms with Crippen LogP contribution in [0.25, 0.3) is 0 Å². The normalized spacial score (nSPS) is 10.3. The van der Waals surface area contributed by atoms with E-state index in [1.165, 1.54) is 11.1 Å². The third-order valence-electron chi connectivity index (χ3n) is 2.45. The summed E-state index contributed by atoms with van der Waals surface area (Å²) >= 11 is 0. The van der Waals surface area contributed by atoms with Gasteiger partial charge < -0.3 is 10.5 Å². The van der Waals surface area contributed by atoms with Crippen molar-refractivity contribution in [2.45, 2.75) is 33.1 Å². The van der Waals surface area contributed by atoms with Crippen molar-refractivity contribution in [2.75, 3.05) is 13.2 Å². The fourth-order valence-corrected chi connectivity index (χ4v) is 1.64. The van der Waals surface area contributed by atoms with Crippen molar-refractivity contribution in [1.82, 2.24) is 0 Å². The zero-order valence-corrected chi connectivity index (χ0v) is 9.75. The Labute approximate surface area is 92.4 Å². The zero-order chi connectivity index (χ0) is 11.1. The molecule has 0 fully saturated rings. The van der Waals surface area contributed by atoms with E-state index < -0.39 is 0 Å². The van der Waals surface area contributed by atoms with Gasteiger partial charge in [0.25, 0.3) is 0 Å². The Bertz CT molecular complexity index is 297. The van der Waals surface area contributed by atoms with E-state index >= 15 is 0 Å². The molecule has 0 aromatic heterocycles. The third-order valence-corrected chi connectivity index (χ3v) is 2.45. The monoisotopic (exact) mass is 207 g/mol. The highest BCUT2D eigenvalue weighted by atomic mass is 16.5. The van der Waals surface area contributed by atoms with Crippen LogP contribution in [0.4, 0.5) is 0 Å². The third kappa shape index (κ3) is 3.56. The van der Waals surface area contributed by atoms with Gasteiger partial charge in [-0.05, 0) is 49.1 Å². The average molecular weight is 207 g/mol. The van der Waals surface area contributed by atoms with Crippen LogP contribution in [0, 0.1) is 0 Å². The molecule has 0 aliphatic rings. The standard InChI is InChI=1S/C13H21NO/c1-3-9-15-13-6-5-12(7-8-14)11(4-2)10-13/h5-6,10H,3-4,7-9,14H2,1-2H3. The molecule has 0 aliphatic heterocycles. The van der Waals surface area contributed by atoms with Gasteiger partial charge in [-0.3, -0.25) is 0 Å². The van der Waals surface area contributed by atoms with E-state index in [-0.39, 0.29) is 0 Å². The number of ether oxygens (including phenoxy) is 1. The molecule has 0 bridgehead atoms. The Balaban J connectivity index is 2.77. The molecule has 0 atom stereocenters. The molecule has 1 aromatic rings. The Hall–Kier alpha value is -1.02. The molecule has 1 aromatic carbocycles. The van der Waals surface area contributed by atoms with Crippen molar-refractivity contribution < 1.29 is 4.74 Å². The summed E-state index contributed by atoms with van der Waals surface area (Å²) in [5, 5.41) is 0. The molecule has 15 heavy (non-hydrogen) atoms. The smallest absolute Gasteiger partial charge is 0.119 e. The Kier molecular flexibility index (Phi) is 5.19. The van der Waals surface area contributed by atoms with Crippen molar-refractivity contribution in [1.29, 1.82) is 0 Å². The first-order chi connectivity index (χ1) is 7.31. The number of aryl methyl sites for hydroxylation is 1. The lowest BCUT2D eigenvalue weighted by atomic mass is 10.0. The molecule has 84 valence electrons. The molecule has 0 heterocycles. The quantitative estimate of drug-likeness (QED) is 0.778. The summed E-state index contributed by atoms with van der Waals surface area (Å²) in [4.78, 5) is 0. The maximum Gasteiger partial charge on any atom is 0.119 e. The van der Waals surface area contributed by atoms with E-state index in [0.717, 1.165) is 31.6 Å².